The Hall–Kier alpha value is -3.80. The minimum absolute atomic E-state index is 0.156. The molecule has 0 radical (unpaired) electrons. The Morgan fingerprint density at radius 3 is 2.83 bits per heavy atom. The highest BCUT2D eigenvalue weighted by atomic mass is 35.5. The van der Waals surface area contributed by atoms with Gasteiger partial charge < -0.3 is 10.1 Å². The number of nitrogens with zero attached hydrogens (tertiary/aromatic N) is 5. The predicted octanol–water partition coefficient (Wildman–Crippen LogP) is 4.10. The second-order valence-corrected chi connectivity index (χ2v) is 9.70. The van der Waals surface area contributed by atoms with Gasteiger partial charge in [0.2, 0.25) is 0 Å². The number of thiophene rings is 1. The highest BCUT2D eigenvalue weighted by Gasteiger charge is 2.14. The molecule has 9 nitrogen and oxygen atoms in total. The van der Waals surface area contributed by atoms with E-state index in [1.54, 1.807) is 65.1 Å². The van der Waals surface area contributed by atoms with Crippen LogP contribution in [0.15, 0.2) is 76.6 Å². The van der Waals surface area contributed by atoms with E-state index in [2.05, 4.69) is 20.6 Å². The molecule has 0 saturated heterocycles. The fraction of sp³-hybridized carbons (Fsp3) is 0.0870. The SMILES string of the molecule is O=C(NCc1cn(-c2ccc(-n3ccccc3=O)cc2OCc2cscn2)nn1)c1ccc(Cl)s1. The first-order chi connectivity index (χ1) is 17.1. The standard InChI is InChI=1S/C23H17ClN6O3S2/c24-21-7-6-20(35-21)23(32)25-10-15-11-30(28-27-15)18-5-4-17(29-8-2-1-3-22(29)31)9-19(18)33-12-16-13-34-14-26-16/h1-9,11,13-14H,10,12H2,(H,25,32). The summed E-state index contributed by atoms with van der Waals surface area (Å²) < 4.78 is 9.71. The number of halogens is 1. The van der Waals surface area contributed by atoms with Crippen LogP contribution in [-0.2, 0) is 13.2 Å². The second-order valence-electron chi connectivity index (χ2n) is 7.27. The third-order valence-electron chi connectivity index (χ3n) is 4.92. The molecule has 0 aliphatic carbocycles. The molecule has 1 aromatic carbocycles. The summed E-state index contributed by atoms with van der Waals surface area (Å²) in [5.41, 5.74) is 4.21. The van der Waals surface area contributed by atoms with Crippen LogP contribution in [0.1, 0.15) is 21.1 Å². The van der Waals surface area contributed by atoms with E-state index < -0.39 is 0 Å². The van der Waals surface area contributed by atoms with Gasteiger partial charge in [0.1, 0.15) is 23.7 Å². The smallest absolute Gasteiger partial charge is 0.261 e. The highest BCUT2D eigenvalue weighted by Crippen LogP contribution is 2.27. The van der Waals surface area contributed by atoms with Gasteiger partial charge >= 0.3 is 0 Å². The highest BCUT2D eigenvalue weighted by molar-refractivity contribution is 7.18. The molecule has 176 valence electrons. The van der Waals surface area contributed by atoms with Gasteiger partial charge in [-0.25, -0.2) is 9.67 Å². The van der Waals surface area contributed by atoms with Gasteiger partial charge in [0.15, 0.2) is 0 Å². The maximum Gasteiger partial charge on any atom is 0.261 e. The predicted molar refractivity (Wildman–Crippen MR) is 134 cm³/mol. The van der Waals surface area contributed by atoms with Crippen molar-refractivity contribution in [1.82, 2.24) is 29.9 Å². The summed E-state index contributed by atoms with van der Waals surface area (Å²) in [5, 5.41) is 13.1. The van der Waals surface area contributed by atoms with E-state index in [-0.39, 0.29) is 24.6 Å². The summed E-state index contributed by atoms with van der Waals surface area (Å²) in [6.07, 6.45) is 3.40. The van der Waals surface area contributed by atoms with E-state index >= 15 is 0 Å². The van der Waals surface area contributed by atoms with Crippen LogP contribution in [0.3, 0.4) is 0 Å². The number of hydrogen-bond acceptors (Lipinski definition) is 8. The summed E-state index contributed by atoms with van der Waals surface area (Å²) in [7, 11) is 0. The second kappa shape index (κ2) is 10.2. The number of nitrogens with one attached hydrogen (secondary N) is 1. The van der Waals surface area contributed by atoms with Crippen molar-refractivity contribution in [3.05, 3.63) is 103 Å². The Bertz CT molecular complexity index is 1530. The molecule has 0 atom stereocenters. The van der Waals surface area contributed by atoms with Crippen molar-refractivity contribution >= 4 is 40.2 Å². The van der Waals surface area contributed by atoms with Crippen LogP contribution < -0.4 is 15.6 Å². The van der Waals surface area contributed by atoms with Crippen molar-refractivity contribution in [3.8, 4) is 17.1 Å². The molecule has 35 heavy (non-hydrogen) atoms. The molecule has 0 aliphatic heterocycles. The summed E-state index contributed by atoms with van der Waals surface area (Å²) in [6, 6.07) is 13.7. The van der Waals surface area contributed by atoms with Gasteiger partial charge in [0.25, 0.3) is 11.5 Å². The fourth-order valence-corrected chi connectivity index (χ4v) is 4.75. The van der Waals surface area contributed by atoms with Crippen molar-refractivity contribution in [2.75, 3.05) is 0 Å². The van der Waals surface area contributed by atoms with Crippen LogP contribution in [0.25, 0.3) is 11.4 Å². The zero-order valence-corrected chi connectivity index (χ0v) is 20.4. The third kappa shape index (κ3) is 5.32. The van der Waals surface area contributed by atoms with E-state index in [1.165, 1.54) is 33.3 Å². The lowest BCUT2D eigenvalue weighted by Gasteiger charge is -2.13. The average molecular weight is 525 g/mol. The average Bonchev–Trinajstić information content (AvgIpc) is 3.64. The molecule has 4 aromatic heterocycles. The van der Waals surface area contributed by atoms with E-state index in [0.717, 1.165) is 5.69 Å². The number of pyridine rings is 1. The van der Waals surface area contributed by atoms with Crippen molar-refractivity contribution in [3.63, 3.8) is 0 Å². The van der Waals surface area contributed by atoms with E-state index in [4.69, 9.17) is 16.3 Å². The number of rotatable bonds is 8. The van der Waals surface area contributed by atoms with Crippen molar-refractivity contribution < 1.29 is 9.53 Å². The van der Waals surface area contributed by atoms with Gasteiger partial charge in [-0.2, -0.15) is 0 Å². The van der Waals surface area contributed by atoms with Crippen molar-refractivity contribution in [1.29, 1.82) is 0 Å². The Kier molecular flexibility index (Phi) is 6.70. The number of amides is 1. The summed E-state index contributed by atoms with van der Waals surface area (Å²) in [5.74, 6) is 0.265. The normalized spacial score (nSPS) is 10.9. The lowest BCUT2D eigenvalue weighted by atomic mass is 10.2. The minimum atomic E-state index is -0.235. The first-order valence-electron chi connectivity index (χ1n) is 10.3. The maximum atomic E-state index is 12.3. The first kappa shape index (κ1) is 23.0. The Labute approximate surface area is 212 Å². The molecule has 5 aromatic rings. The first-order valence-corrected chi connectivity index (χ1v) is 12.5. The number of thiazole rings is 1. The molecule has 0 saturated carbocycles. The maximum absolute atomic E-state index is 12.3. The zero-order valence-electron chi connectivity index (χ0n) is 18.0. The van der Waals surface area contributed by atoms with Gasteiger partial charge in [-0.15, -0.1) is 27.8 Å². The third-order valence-corrected chi connectivity index (χ3v) is 6.78. The van der Waals surface area contributed by atoms with Crippen LogP contribution in [0.4, 0.5) is 0 Å². The summed E-state index contributed by atoms with van der Waals surface area (Å²) in [6.45, 7) is 0.450. The molecule has 12 heteroatoms. The number of ether oxygens (including phenoxy) is 1. The Morgan fingerprint density at radius 1 is 1.14 bits per heavy atom. The topological polar surface area (TPSA) is 104 Å². The van der Waals surface area contributed by atoms with Crippen molar-refractivity contribution in [2.24, 2.45) is 0 Å². The largest absolute Gasteiger partial charge is 0.485 e. The molecular weight excluding hydrogens is 508 g/mol. The number of aromatic nitrogens is 5. The lowest BCUT2D eigenvalue weighted by Crippen LogP contribution is -2.21. The van der Waals surface area contributed by atoms with Crippen molar-refractivity contribution in [2.45, 2.75) is 13.2 Å². The lowest BCUT2D eigenvalue weighted by molar-refractivity contribution is 0.0954. The van der Waals surface area contributed by atoms with Crippen LogP contribution in [-0.4, -0.2) is 30.5 Å². The van der Waals surface area contributed by atoms with Gasteiger partial charge in [-0.1, -0.05) is 22.9 Å². The minimum Gasteiger partial charge on any atom is -0.485 e. The van der Waals surface area contributed by atoms with Crippen LogP contribution in [0.5, 0.6) is 5.75 Å². The van der Waals surface area contributed by atoms with Crippen LogP contribution in [0.2, 0.25) is 4.34 Å². The van der Waals surface area contributed by atoms with E-state index in [1.807, 2.05) is 5.38 Å². The molecule has 0 spiro atoms. The zero-order chi connectivity index (χ0) is 24.2. The number of hydrogen-bond donors (Lipinski definition) is 1. The van der Waals surface area contributed by atoms with E-state index in [0.29, 0.717) is 32.0 Å². The summed E-state index contributed by atoms with van der Waals surface area (Å²) in [4.78, 5) is 29.4. The number of carbonyl (C=O) groups excluding carboxylic acids is 1. The Morgan fingerprint density at radius 2 is 2.06 bits per heavy atom. The number of benzene rings is 1. The molecule has 0 bridgehead atoms. The van der Waals surface area contributed by atoms with Gasteiger partial charge in [0, 0.05) is 23.7 Å². The molecule has 0 aliphatic rings. The molecule has 4 heterocycles. The molecule has 0 unspecified atom stereocenters. The van der Waals surface area contributed by atoms with Crippen LogP contribution in [0, 0.1) is 0 Å². The van der Waals surface area contributed by atoms with Crippen LogP contribution >= 0.6 is 34.3 Å². The Balaban J connectivity index is 1.40. The number of carbonyl (C=O) groups is 1. The van der Waals surface area contributed by atoms with Gasteiger partial charge in [-0.05, 0) is 30.3 Å². The fourth-order valence-electron chi connectivity index (χ4n) is 3.25. The molecular formula is C23H17ClN6O3S2. The molecule has 1 N–H and O–H groups in total. The molecule has 1 amide bonds. The van der Waals surface area contributed by atoms with Gasteiger partial charge in [0.05, 0.1) is 38.8 Å². The van der Waals surface area contributed by atoms with E-state index in [9.17, 15) is 9.59 Å². The molecule has 5 rings (SSSR count). The summed E-state index contributed by atoms with van der Waals surface area (Å²) >= 11 is 8.59. The monoisotopic (exact) mass is 524 g/mol. The molecule has 0 fully saturated rings. The van der Waals surface area contributed by atoms with Gasteiger partial charge in [-0.3, -0.25) is 14.2 Å². The quantitative estimate of drug-likeness (QED) is 0.328.